The van der Waals surface area contributed by atoms with Gasteiger partial charge in [0.1, 0.15) is 16.4 Å². The van der Waals surface area contributed by atoms with Crippen LogP contribution < -0.4 is 0 Å². The monoisotopic (exact) mass is 280 g/mol. The number of carboxylic acid groups (broad SMARTS) is 1. The summed E-state index contributed by atoms with van der Waals surface area (Å²) in [5.41, 5.74) is 0.844. The maximum absolute atomic E-state index is 11.4. The van der Waals surface area contributed by atoms with Gasteiger partial charge in [-0.3, -0.25) is 0 Å². The first-order chi connectivity index (χ1) is 8.99. The predicted octanol–water partition coefficient (Wildman–Crippen LogP) is 3.50. The molecular formula is C14H20N2O2S. The van der Waals surface area contributed by atoms with E-state index in [2.05, 4.69) is 9.97 Å². The molecule has 0 spiro atoms. The maximum Gasteiger partial charge on any atom is 0.340 e. The lowest BCUT2D eigenvalue weighted by molar-refractivity contribution is 0.0690. The topological polar surface area (TPSA) is 63.1 Å². The number of aryl methyl sites for hydroxylation is 1. The van der Waals surface area contributed by atoms with E-state index in [9.17, 15) is 9.90 Å². The molecule has 0 radical (unpaired) electrons. The van der Waals surface area contributed by atoms with Gasteiger partial charge in [0.05, 0.1) is 5.69 Å². The highest BCUT2D eigenvalue weighted by atomic mass is 32.2. The third-order valence-corrected chi connectivity index (χ3v) is 4.69. The van der Waals surface area contributed by atoms with E-state index in [1.807, 2.05) is 13.8 Å². The highest BCUT2D eigenvalue weighted by molar-refractivity contribution is 7.99. The van der Waals surface area contributed by atoms with Gasteiger partial charge >= 0.3 is 5.97 Å². The van der Waals surface area contributed by atoms with Crippen LogP contribution in [0.2, 0.25) is 0 Å². The Bertz CT molecular complexity index is 485. The zero-order chi connectivity index (χ0) is 14.0. The van der Waals surface area contributed by atoms with Gasteiger partial charge in [0.15, 0.2) is 0 Å². The van der Waals surface area contributed by atoms with E-state index in [4.69, 9.17) is 0 Å². The second kappa shape index (κ2) is 5.90. The molecule has 19 heavy (non-hydrogen) atoms. The predicted molar refractivity (Wildman–Crippen MR) is 75.9 cm³/mol. The van der Waals surface area contributed by atoms with Crippen LogP contribution in [0.25, 0.3) is 0 Å². The summed E-state index contributed by atoms with van der Waals surface area (Å²) >= 11 is 1.57. The van der Waals surface area contributed by atoms with E-state index in [0.717, 1.165) is 17.5 Å². The molecule has 104 valence electrons. The highest BCUT2D eigenvalue weighted by Gasteiger charge is 2.22. The fourth-order valence-corrected chi connectivity index (χ4v) is 3.30. The first-order valence-corrected chi connectivity index (χ1v) is 7.72. The van der Waals surface area contributed by atoms with E-state index < -0.39 is 5.97 Å². The van der Waals surface area contributed by atoms with Crippen LogP contribution in [0.15, 0.2) is 5.03 Å². The first-order valence-electron chi connectivity index (χ1n) is 6.73. The Hall–Kier alpha value is -1.10. The molecule has 5 heteroatoms. The van der Waals surface area contributed by atoms with E-state index in [0.29, 0.717) is 10.7 Å². The van der Waals surface area contributed by atoms with Gasteiger partial charge in [-0.15, -0.1) is 11.8 Å². The summed E-state index contributed by atoms with van der Waals surface area (Å²) in [6.45, 7) is 5.80. The van der Waals surface area contributed by atoms with Crippen LogP contribution in [0, 0.1) is 12.8 Å². The number of aromatic nitrogens is 2. The average molecular weight is 280 g/mol. The molecule has 1 aliphatic carbocycles. The quantitative estimate of drug-likeness (QED) is 0.660. The van der Waals surface area contributed by atoms with Crippen molar-refractivity contribution in [3.63, 3.8) is 0 Å². The Morgan fingerprint density at radius 3 is 2.58 bits per heavy atom. The summed E-state index contributed by atoms with van der Waals surface area (Å²) in [7, 11) is 0. The van der Waals surface area contributed by atoms with E-state index in [1.165, 1.54) is 19.3 Å². The number of nitrogens with zero attached hydrogens (tertiary/aromatic N) is 2. The molecular weight excluding hydrogens is 260 g/mol. The van der Waals surface area contributed by atoms with Crippen LogP contribution in [0.1, 0.15) is 60.9 Å². The van der Waals surface area contributed by atoms with Gasteiger partial charge in [-0.05, 0) is 25.7 Å². The summed E-state index contributed by atoms with van der Waals surface area (Å²) in [6, 6.07) is 0. The molecule has 0 aromatic carbocycles. The molecule has 4 nitrogen and oxygen atoms in total. The van der Waals surface area contributed by atoms with Gasteiger partial charge in [0, 0.05) is 11.7 Å². The van der Waals surface area contributed by atoms with Gasteiger partial charge < -0.3 is 5.11 Å². The largest absolute Gasteiger partial charge is 0.478 e. The summed E-state index contributed by atoms with van der Waals surface area (Å²) in [5.74, 6) is 1.71. The molecule has 0 unspecified atom stereocenters. The van der Waals surface area contributed by atoms with Crippen molar-refractivity contribution in [2.45, 2.75) is 51.0 Å². The van der Waals surface area contributed by atoms with Gasteiger partial charge in [0.25, 0.3) is 0 Å². The van der Waals surface area contributed by atoms with Crippen molar-refractivity contribution < 1.29 is 9.90 Å². The SMILES string of the molecule is Cc1nc(C(C)C)nc(SCC2CCC2)c1C(=O)O. The maximum atomic E-state index is 11.4. The van der Waals surface area contributed by atoms with Gasteiger partial charge in [-0.1, -0.05) is 20.3 Å². The molecule has 1 fully saturated rings. The zero-order valence-electron chi connectivity index (χ0n) is 11.6. The van der Waals surface area contributed by atoms with Crippen molar-refractivity contribution in [1.29, 1.82) is 0 Å². The minimum Gasteiger partial charge on any atom is -0.478 e. The summed E-state index contributed by atoms with van der Waals surface area (Å²) in [5, 5.41) is 9.95. The second-order valence-electron chi connectivity index (χ2n) is 5.42. The number of carboxylic acids is 1. The molecule has 0 amide bonds. The third kappa shape index (κ3) is 3.26. The van der Waals surface area contributed by atoms with Crippen molar-refractivity contribution in [2.75, 3.05) is 5.75 Å². The van der Waals surface area contributed by atoms with Crippen LogP contribution in [-0.4, -0.2) is 26.8 Å². The number of carbonyl (C=O) groups is 1. The standard InChI is InChI=1S/C14H20N2O2S/c1-8(2)12-15-9(3)11(14(17)18)13(16-12)19-7-10-5-4-6-10/h8,10H,4-7H2,1-3H3,(H,17,18). The van der Waals surface area contributed by atoms with Crippen LogP contribution in [-0.2, 0) is 0 Å². The fourth-order valence-electron chi connectivity index (χ4n) is 2.03. The van der Waals surface area contributed by atoms with Crippen molar-refractivity contribution in [2.24, 2.45) is 5.92 Å². The summed E-state index contributed by atoms with van der Waals surface area (Å²) < 4.78 is 0. The number of rotatable bonds is 5. The lowest BCUT2D eigenvalue weighted by Crippen LogP contribution is -2.15. The van der Waals surface area contributed by atoms with Crippen LogP contribution in [0.5, 0.6) is 0 Å². The molecule has 0 atom stereocenters. The van der Waals surface area contributed by atoms with Crippen LogP contribution in [0.3, 0.4) is 0 Å². The zero-order valence-corrected chi connectivity index (χ0v) is 12.5. The highest BCUT2D eigenvalue weighted by Crippen LogP contribution is 2.33. The third-order valence-electron chi connectivity index (χ3n) is 3.48. The molecule has 1 aromatic heterocycles. The molecule has 1 saturated carbocycles. The number of hydrogen-bond donors (Lipinski definition) is 1. The minimum absolute atomic E-state index is 0.213. The second-order valence-corrected chi connectivity index (χ2v) is 6.42. The molecule has 1 N–H and O–H groups in total. The lowest BCUT2D eigenvalue weighted by Gasteiger charge is -2.24. The Morgan fingerprint density at radius 2 is 2.11 bits per heavy atom. The Balaban J connectivity index is 2.27. The average Bonchev–Trinajstić information content (AvgIpc) is 2.25. The summed E-state index contributed by atoms with van der Waals surface area (Å²) in [6.07, 6.45) is 3.82. The van der Waals surface area contributed by atoms with E-state index in [-0.39, 0.29) is 11.5 Å². The molecule has 1 aromatic rings. The molecule has 0 aliphatic heterocycles. The summed E-state index contributed by atoms with van der Waals surface area (Å²) in [4.78, 5) is 20.1. The van der Waals surface area contributed by atoms with Crippen LogP contribution in [0.4, 0.5) is 0 Å². The van der Waals surface area contributed by atoms with Crippen molar-refractivity contribution in [3.05, 3.63) is 17.1 Å². The van der Waals surface area contributed by atoms with Crippen LogP contribution >= 0.6 is 11.8 Å². The van der Waals surface area contributed by atoms with Crippen molar-refractivity contribution in [1.82, 2.24) is 9.97 Å². The number of thioether (sulfide) groups is 1. The Morgan fingerprint density at radius 1 is 1.42 bits per heavy atom. The number of hydrogen-bond acceptors (Lipinski definition) is 4. The van der Waals surface area contributed by atoms with Gasteiger partial charge in [-0.25, -0.2) is 14.8 Å². The Labute approximate surface area is 118 Å². The molecule has 1 aliphatic rings. The normalized spacial score (nSPS) is 15.6. The molecule has 2 rings (SSSR count). The Kier molecular flexibility index (Phi) is 4.45. The van der Waals surface area contributed by atoms with Gasteiger partial charge in [-0.2, -0.15) is 0 Å². The molecule has 1 heterocycles. The smallest absolute Gasteiger partial charge is 0.340 e. The lowest BCUT2D eigenvalue weighted by atomic mass is 9.87. The van der Waals surface area contributed by atoms with Gasteiger partial charge in [0.2, 0.25) is 0 Å². The fraction of sp³-hybridized carbons (Fsp3) is 0.643. The molecule has 0 saturated heterocycles. The number of aromatic carboxylic acids is 1. The first kappa shape index (κ1) is 14.3. The van der Waals surface area contributed by atoms with Crippen molar-refractivity contribution in [3.8, 4) is 0 Å². The van der Waals surface area contributed by atoms with E-state index in [1.54, 1.807) is 18.7 Å². The van der Waals surface area contributed by atoms with E-state index >= 15 is 0 Å². The van der Waals surface area contributed by atoms with Crippen molar-refractivity contribution >= 4 is 17.7 Å². The molecule has 0 bridgehead atoms. The minimum atomic E-state index is -0.927.